The predicted octanol–water partition coefficient (Wildman–Crippen LogP) is 0.671. The molecule has 12 heavy (non-hydrogen) atoms. The Kier molecular flexibility index (Phi) is 2.47. The summed E-state index contributed by atoms with van der Waals surface area (Å²) in [5, 5.41) is 10.0. The molecule has 1 rings (SSSR count). The summed E-state index contributed by atoms with van der Waals surface area (Å²) in [6, 6.07) is 2.96. The van der Waals surface area contributed by atoms with Crippen molar-refractivity contribution in [1.29, 1.82) is 0 Å². The van der Waals surface area contributed by atoms with Gasteiger partial charge in [0.1, 0.15) is 5.69 Å². The summed E-state index contributed by atoms with van der Waals surface area (Å²) in [5.41, 5.74) is 0.771. The van der Waals surface area contributed by atoms with Crippen LogP contribution in [-0.4, -0.2) is 16.2 Å². The van der Waals surface area contributed by atoms with Gasteiger partial charge in [0.2, 0.25) is 6.54 Å². The lowest BCUT2D eigenvalue weighted by molar-refractivity contribution is -0.496. The van der Waals surface area contributed by atoms with Crippen molar-refractivity contribution < 1.29 is 9.72 Å². The van der Waals surface area contributed by atoms with Crippen molar-refractivity contribution in [2.45, 2.75) is 6.54 Å². The van der Waals surface area contributed by atoms with Gasteiger partial charge in [-0.2, -0.15) is 0 Å². The topological polar surface area (TPSA) is 73.1 Å². The van der Waals surface area contributed by atoms with E-state index in [4.69, 9.17) is 0 Å². The van der Waals surface area contributed by atoms with Crippen LogP contribution in [0.5, 0.6) is 0 Å². The molecule has 0 aliphatic heterocycles. The number of hydrogen-bond donors (Lipinski definition) is 0. The number of nitro groups is 1. The smallest absolute Gasteiger partial charge is 0.230 e. The standard InChI is InChI=1S/C7H6N2O3/c10-5-7-2-1-6(3-8-7)4-9(11)12/h1-3,5H,4H2. The average Bonchev–Trinajstić information content (AvgIpc) is 2.05. The molecule has 5 heteroatoms. The van der Waals surface area contributed by atoms with Crippen LogP contribution in [0.3, 0.4) is 0 Å². The molecular weight excluding hydrogens is 160 g/mol. The van der Waals surface area contributed by atoms with Crippen LogP contribution < -0.4 is 0 Å². The first kappa shape index (κ1) is 8.32. The summed E-state index contributed by atoms with van der Waals surface area (Å²) in [7, 11) is 0. The van der Waals surface area contributed by atoms with Crippen molar-refractivity contribution in [3.05, 3.63) is 39.7 Å². The first-order valence-electron chi connectivity index (χ1n) is 3.24. The molecule has 62 valence electrons. The number of pyridine rings is 1. The Morgan fingerprint density at radius 2 is 2.33 bits per heavy atom. The van der Waals surface area contributed by atoms with Gasteiger partial charge in [-0.15, -0.1) is 0 Å². The Morgan fingerprint density at radius 3 is 2.75 bits per heavy atom. The molecule has 0 aliphatic rings. The third kappa shape index (κ3) is 2.12. The van der Waals surface area contributed by atoms with Crippen molar-refractivity contribution in [3.8, 4) is 0 Å². The van der Waals surface area contributed by atoms with Gasteiger partial charge in [0.15, 0.2) is 6.29 Å². The van der Waals surface area contributed by atoms with Crippen LogP contribution >= 0.6 is 0 Å². The number of aldehydes is 1. The first-order chi connectivity index (χ1) is 5.72. The minimum atomic E-state index is -0.447. The first-order valence-corrected chi connectivity index (χ1v) is 3.24. The molecule has 1 heterocycles. The molecule has 0 N–H and O–H groups in total. The minimum Gasteiger partial charge on any atom is -0.296 e. The SMILES string of the molecule is O=Cc1ccc(C[N+](=O)[O-])cn1. The maximum Gasteiger partial charge on any atom is 0.230 e. The van der Waals surface area contributed by atoms with E-state index in [2.05, 4.69) is 4.98 Å². The van der Waals surface area contributed by atoms with E-state index >= 15 is 0 Å². The lowest BCUT2D eigenvalue weighted by atomic mass is 10.2. The van der Waals surface area contributed by atoms with Crippen molar-refractivity contribution in [2.24, 2.45) is 0 Å². The second-order valence-electron chi connectivity index (χ2n) is 2.20. The fraction of sp³-hybridized carbons (Fsp3) is 0.143. The van der Waals surface area contributed by atoms with Crippen molar-refractivity contribution in [2.75, 3.05) is 0 Å². The zero-order chi connectivity index (χ0) is 8.97. The van der Waals surface area contributed by atoms with E-state index in [9.17, 15) is 14.9 Å². The summed E-state index contributed by atoms with van der Waals surface area (Å²) in [5.74, 6) is 0. The zero-order valence-electron chi connectivity index (χ0n) is 6.14. The van der Waals surface area contributed by atoms with Gasteiger partial charge in [0.05, 0.1) is 0 Å². The Hall–Kier alpha value is -1.78. The molecule has 0 amide bonds. The molecule has 1 aromatic heterocycles. The third-order valence-corrected chi connectivity index (χ3v) is 1.28. The van der Waals surface area contributed by atoms with Gasteiger partial charge >= 0.3 is 0 Å². The Morgan fingerprint density at radius 1 is 1.58 bits per heavy atom. The molecule has 5 nitrogen and oxygen atoms in total. The molecule has 1 aromatic rings. The van der Waals surface area contributed by atoms with Gasteiger partial charge in [-0.05, 0) is 12.1 Å². The molecule has 0 saturated carbocycles. The van der Waals surface area contributed by atoms with Gasteiger partial charge < -0.3 is 0 Å². The highest BCUT2D eigenvalue weighted by Gasteiger charge is 2.00. The van der Waals surface area contributed by atoms with E-state index in [0.29, 0.717) is 11.8 Å². The van der Waals surface area contributed by atoms with E-state index in [0.717, 1.165) is 0 Å². The van der Waals surface area contributed by atoms with E-state index in [1.54, 1.807) is 0 Å². The van der Waals surface area contributed by atoms with Crippen LogP contribution in [0, 0.1) is 10.1 Å². The number of carbonyl (C=O) groups excluding carboxylic acids is 1. The molecule has 0 unspecified atom stereocenters. The van der Waals surface area contributed by atoms with Crippen molar-refractivity contribution in [3.63, 3.8) is 0 Å². The summed E-state index contributed by atoms with van der Waals surface area (Å²) < 4.78 is 0. The van der Waals surface area contributed by atoms with Crippen LogP contribution in [0.2, 0.25) is 0 Å². The van der Waals surface area contributed by atoms with Crippen molar-refractivity contribution >= 4 is 6.29 Å². The molecule has 0 aliphatic carbocycles. The molecule has 0 bridgehead atoms. The lowest BCUT2D eigenvalue weighted by Gasteiger charge is -1.93. The fourth-order valence-corrected chi connectivity index (χ4v) is 0.748. The van der Waals surface area contributed by atoms with Gasteiger partial charge in [-0.25, -0.2) is 0 Å². The third-order valence-electron chi connectivity index (χ3n) is 1.28. The molecule has 0 aromatic carbocycles. The minimum absolute atomic E-state index is 0.258. The van der Waals surface area contributed by atoms with Gasteiger partial charge in [-0.1, -0.05) is 0 Å². The van der Waals surface area contributed by atoms with E-state index < -0.39 is 4.92 Å². The monoisotopic (exact) mass is 166 g/mol. The summed E-state index contributed by atoms with van der Waals surface area (Å²) >= 11 is 0. The molecule has 0 spiro atoms. The van der Waals surface area contributed by atoms with Gasteiger partial charge in [0.25, 0.3) is 0 Å². The van der Waals surface area contributed by atoms with E-state index in [-0.39, 0.29) is 12.2 Å². The normalized spacial score (nSPS) is 9.33. The number of carbonyl (C=O) groups is 1. The maximum atomic E-state index is 10.1. The number of aromatic nitrogens is 1. The largest absolute Gasteiger partial charge is 0.296 e. The molecule has 0 saturated heterocycles. The second-order valence-corrected chi connectivity index (χ2v) is 2.20. The van der Waals surface area contributed by atoms with Crippen LogP contribution in [0.15, 0.2) is 18.3 Å². The highest BCUT2D eigenvalue weighted by Crippen LogP contribution is 1.99. The highest BCUT2D eigenvalue weighted by molar-refractivity contribution is 5.71. The summed E-state index contributed by atoms with van der Waals surface area (Å²) in [6.07, 6.45) is 1.92. The number of hydrogen-bond acceptors (Lipinski definition) is 4. The number of rotatable bonds is 3. The molecule has 0 atom stereocenters. The highest BCUT2D eigenvalue weighted by atomic mass is 16.6. The van der Waals surface area contributed by atoms with Gasteiger partial charge in [-0.3, -0.25) is 19.9 Å². The van der Waals surface area contributed by atoms with E-state index in [1.807, 2.05) is 0 Å². The zero-order valence-corrected chi connectivity index (χ0v) is 6.14. The van der Waals surface area contributed by atoms with Crippen molar-refractivity contribution in [1.82, 2.24) is 4.98 Å². The molecular formula is C7H6N2O3. The average molecular weight is 166 g/mol. The Labute approximate surface area is 68.2 Å². The molecule has 0 fully saturated rings. The lowest BCUT2D eigenvalue weighted by Crippen LogP contribution is -1.99. The fourth-order valence-electron chi connectivity index (χ4n) is 0.748. The quantitative estimate of drug-likeness (QED) is 0.375. The Balaban J connectivity index is 2.77. The van der Waals surface area contributed by atoms with Crippen LogP contribution in [0.4, 0.5) is 0 Å². The van der Waals surface area contributed by atoms with Crippen LogP contribution in [0.25, 0.3) is 0 Å². The molecule has 0 radical (unpaired) electrons. The van der Waals surface area contributed by atoms with E-state index in [1.165, 1.54) is 18.3 Å². The number of nitrogens with zero attached hydrogens (tertiary/aromatic N) is 2. The second kappa shape index (κ2) is 3.56. The summed E-state index contributed by atoms with van der Waals surface area (Å²) in [6.45, 7) is -0.258. The maximum absolute atomic E-state index is 10.1. The van der Waals surface area contributed by atoms with Crippen LogP contribution in [0.1, 0.15) is 16.1 Å². The summed E-state index contributed by atoms with van der Waals surface area (Å²) in [4.78, 5) is 23.4. The predicted molar refractivity (Wildman–Crippen MR) is 40.3 cm³/mol. The van der Waals surface area contributed by atoms with Crippen LogP contribution in [-0.2, 0) is 6.54 Å². The Bertz CT molecular complexity index is 294. The van der Waals surface area contributed by atoms with Gasteiger partial charge in [0, 0.05) is 16.7 Å².